The Balaban J connectivity index is 3.21. The van der Waals surface area contributed by atoms with Crippen LogP contribution < -0.4 is 0 Å². The van der Waals surface area contributed by atoms with E-state index in [1.165, 1.54) is 17.9 Å². The maximum atomic E-state index is 12.0. The fourth-order valence-electron chi connectivity index (χ4n) is 0.524. The molecule has 0 bridgehead atoms. The van der Waals surface area contributed by atoms with E-state index in [9.17, 15) is 12.3 Å². The molecular weight excluding hydrogens is 159 g/mol. The SMILES string of the molecule is Cn1ccc(S(=O)(=O)F)n1. The van der Waals surface area contributed by atoms with Crippen LogP contribution in [0.3, 0.4) is 0 Å². The van der Waals surface area contributed by atoms with Gasteiger partial charge in [-0.1, -0.05) is 3.89 Å². The molecule has 0 saturated carbocycles. The van der Waals surface area contributed by atoms with Crippen molar-refractivity contribution in [2.75, 3.05) is 0 Å². The zero-order valence-corrected chi connectivity index (χ0v) is 5.97. The Morgan fingerprint density at radius 1 is 1.70 bits per heavy atom. The topological polar surface area (TPSA) is 52.0 Å². The lowest BCUT2D eigenvalue weighted by Gasteiger charge is -1.84. The van der Waals surface area contributed by atoms with Gasteiger partial charge < -0.3 is 0 Å². The smallest absolute Gasteiger partial charge is 0.274 e. The third-order valence-electron chi connectivity index (χ3n) is 0.939. The molecule has 1 aromatic heterocycles. The monoisotopic (exact) mass is 164 g/mol. The fourth-order valence-corrected chi connectivity index (χ4v) is 0.974. The van der Waals surface area contributed by atoms with Gasteiger partial charge in [0.2, 0.25) is 5.03 Å². The highest BCUT2D eigenvalue weighted by Crippen LogP contribution is 2.06. The normalized spacial score (nSPS) is 11.8. The van der Waals surface area contributed by atoms with Crippen LogP contribution in [0.2, 0.25) is 0 Å². The van der Waals surface area contributed by atoms with Crippen molar-refractivity contribution >= 4 is 10.2 Å². The van der Waals surface area contributed by atoms with E-state index < -0.39 is 15.2 Å². The van der Waals surface area contributed by atoms with Crippen LogP contribution in [0.1, 0.15) is 0 Å². The highest BCUT2D eigenvalue weighted by atomic mass is 32.3. The van der Waals surface area contributed by atoms with E-state index in [-0.39, 0.29) is 0 Å². The minimum atomic E-state index is -4.61. The average molecular weight is 164 g/mol. The van der Waals surface area contributed by atoms with Crippen LogP contribution in [0.4, 0.5) is 3.89 Å². The second-order valence-electron chi connectivity index (χ2n) is 1.77. The number of aryl methyl sites for hydroxylation is 1. The van der Waals surface area contributed by atoms with Crippen molar-refractivity contribution in [3.63, 3.8) is 0 Å². The van der Waals surface area contributed by atoms with Crippen LogP contribution in [0, 0.1) is 0 Å². The first-order chi connectivity index (χ1) is 4.50. The molecule has 0 amide bonds. The van der Waals surface area contributed by atoms with Crippen molar-refractivity contribution in [1.82, 2.24) is 9.78 Å². The minimum Gasteiger partial charge on any atom is -0.274 e. The van der Waals surface area contributed by atoms with Crippen molar-refractivity contribution in [2.24, 2.45) is 7.05 Å². The maximum absolute atomic E-state index is 12.0. The van der Waals surface area contributed by atoms with Gasteiger partial charge in [0.1, 0.15) is 0 Å². The third kappa shape index (κ3) is 1.32. The Bertz CT molecular complexity index is 329. The van der Waals surface area contributed by atoms with Crippen LogP contribution in [-0.2, 0) is 17.3 Å². The highest BCUT2D eigenvalue weighted by Gasteiger charge is 2.13. The first-order valence-electron chi connectivity index (χ1n) is 2.44. The van der Waals surface area contributed by atoms with Crippen LogP contribution >= 0.6 is 0 Å². The second kappa shape index (κ2) is 2.05. The van der Waals surface area contributed by atoms with Crippen molar-refractivity contribution in [2.45, 2.75) is 5.03 Å². The molecule has 0 fully saturated rings. The Labute approximate surface area is 57.5 Å². The highest BCUT2D eigenvalue weighted by molar-refractivity contribution is 7.86. The van der Waals surface area contributed by atoms with Crippen molar-refractivity contribution in [3.8, 4) is 0 Å². The van der Waals surface area contributed by atoms with Gasteiger partial charge in [0.15, 0.2) is 0 Å². The van der Waals surface area contributed by atoms with Crippen LogP contribution in [0.25, 0.3) is 0 Å². The molecule has 0 aliphatic heterocycles. The van der Waals surface area contributed by atoms with Gasteiger partial charge in [0, 0.05) is 13.2 Å². The zero-order valence-electron chi connectivity index (χ0n) is 5.15. The molecule has 0 atom stereocenters. The number of nitrogens with zero attached hydrogens (tertiary/aromatic N) is 2. The summed E-state index contributed by atoms with van der Waals surface area (Å²) in [7, 11) is -3.11. The van der Waals surface area contributed by atoms with Gasteiger partial charge in [-0.25, -0.2) is 0 Å². The summed E-state index contributed by atoms with van der Waals surface area (Å²) in [5.41, 5.74) is 0. The number of halogens is 1. The summed E-state index contributed by atoms with van der Waals surface area (Å²) in [6, 6.07) is 1.09. The predicted molar refractivity (Wildman–Crippen MR) is 31.5 cm³/mol. The quantitative estimate of drug-likeness (QED) is 0.552. The first-order valence-corrected chi connectivity index (χ1v) is 3.83. The molecule has 1 heterocycles. The van der Waals surface area contributed by atoms with E-state index in [1.54, 1.807) is 0 Å². The first kappa shape index (κ1) is 7.20. The summed E-state index contributed by atoms with van der Waals surface area (Å²) < 4.78 is 33.5. The number of aromatic nitrogens is 2. The molecule has 0 N–H and O–H groups in total. The zero-order chi connectivity index (χ0) is 7.78. The molecule has 0 aliphatic carbocycles. The van der Waals surface area contributed by atoms with Crippen LogP contribution in [0.5, 0.6) is 0 Å². The molecule has 0 aliphatic rings. The van der Waals surface area contributed by atoms with E-state index in [1.807, 2.05) is 0 Å². The lowest BCUT2D eigenvalue weighted by Crippen LogP contribution is -1.95. The Kier molecular flexibility index (Phi) is 1.47. The van der Waals surface area contributed by atoms with Crippen molar-refractivity contribution in [3.05, 3.63) is 12.3 Å². The Morgan fingerprint density at radius 3 is 2.50 bits per heavy atom. The standard InChI is InChI=1S/C4H5FN2O2S/c1-7-3-2-4(6-7)10(5,8)9/h2-3H,1H3. The molecular formula is C4H5FN2O2S. The number of rotatable bonds is 1. The van der Waals surface area contributed by atoms with Gasteiger partial charge in [-0.05, 0) is 6.07 Å². The molecule has 0 spiro atoms. The molecule has 4 nitrogen and oxygen atoms in total. The van der Waals surface area contributed by atoms with Crippen LogP contribution in [-0.4, -0.2) is 18.2 Å². The fraction of sp³-hybridized carbons (Fsp3) is 0.250. The van der Waals surface area contributed by atoms with E-state index in [0.29, 0.717) is 0 Å². The summed E-state index contributed by atoms with van der Waals surface area (Å²) in [6.07, 6.45) is 1.35. The average Bonchev–Trinajstić information content (AvgIpc) is 2.11. The van der Waals surface area contributed by atoms with Gasteiger partial charge >= 0.3 is 10.2 Å². The predicted octanol–water partition coefficient (Wildman–Crippen LogP) is 0.0783. The summed E-state index contributed by atoms with van der Waals surface area (Å²) >= 11 is 0. The van der Waals surface area contributed by atoms with Gasteiger partial charge in [-0.2, -0.15) is 13.5 Å². The summed E-state index contributed by atoms with van der Waals surface area (Å²) in [4.78, 5) is 0. The maximum Gasteiger partial charge on any atom is 0.351 e. The minimum absolute atomic E-state index is 0.546. The lowest BCUT2D eigenvalue weighted by molar-refractivity contribution is 0.544. The molecule has 0 saturated heterocycles. The van der Waals surface area contributed by atoms with Gasteiger partial charge in [0.05, 0.1) is 0 Å². The largest absolute Gasteiger partial charge is 0.351 e. The van der Waals surface area contributed by atoms with E-state index in [4.69, 9.17) is 0 Å². The molecule has 56 valence electrons. The molecule has 0 radical (unpaired) electrons. The Morgan fingerprint density at radius 2 is 2.30 bits per heavy atom. The summed E-state index contributed by atoms with van der Waals surface area (Å²) in [6.45, 7) is 0. The summed E-state index contributed by atoms with van der Waals surface area (Å²) in [5.74, 6) is 0. The van der Waals surface area contributed by atoms with Gasteiger partial charge in [-0.15, -0.1) is 0 Å². The molecule has 0 unspecified atom stereocenters. The molecule has 10 heavy (non-hydrogen) atoms. The lowest BCUT2D eigenvalue weighted by atomic mass is 10.7. The van der Waals surface area contributed by atoms with E-state index in [0.717, 1.165) is 6.07 Å². The number of hydrogen-bond donors (Lipinski definition) is 0. The number of hydrogen-bond acceptors (Lipinski definition) is 3. The van der Waals surface area contributed by atoms with E-state index in [2.05, 4.69) is 5.10 Å². The van der Waals surface area contributed by atoms with Crippen molar-refractivity contribution in [1.29, 1.82) is 0 Å². The van der Waals surface area contributed by atoms with E-state index >= 15 is 0 Å². The third-order valence-corrected chi connectivity index (χ3v) is 1.66. The van der Waals surface area contributed by atoms with Crippen LogP contribution in [0.15, 0.2) is 17.3 Å². The van der Waals surface area contributed by atoms with Crippen molar-refractivity contribution < 1.29 is 12.3 Å². The second-order valence-corrected chi connectivity index (χ2v) is 3.06. The molecule has 1 aromatic rings. The molecule has 0 aromatic carbocycles. The summed E-state index contributed by atoms with van der Waals surface area (Å²) in [5, 5.41) is 2.79. The molecule has 1 rings (SSSR count). The van der Waals surface area contributed by atoms with Gasteiger partial charge in [0.25, 0.3) is 0 Å². The van der Waals surface area contributed by atoms with Gasteiger partial charge in [-0.3, -0.25) is 4.68 Å². The molecule has 6 heteroatoms. The Hall–Kier alpha value is -0.910.